The molecule has 2 rings (SSSR count). The minimum absolute atomic E-state index is 0.000556. The molecule has 0 aliphatic heterocycles. The first kappa shape index (κ1) is 6.65. The predicted octanol–water partition coefficient (Wildman–Crippen LogP) is -1.31. The second kappa shape index (κ2) is 2.22. The molecule has 2 heterocycles. The quantitative estimate of drug-likeness (QED) is 0.500. The zero-order valence-corrected chi connectivity index (χ0v) is 5.85. The van der Waals surface area contributed by atoms with E-state index in [9.17, 15) is 4.79 Å². The summed E-state index contributed by atoms with van der Waals surface area (Å²) in [7, 11) is 0. The Labute approximate surface area is 65.7 Å². The first-order valence-corrected chi connectivity index (χ1v) is 3.11. The number of rotatable bonds is 0. The molecule has 0 aliphatic rings. The summed E-state index contributed by atoms with van der Waals surface area (Å²) in [6, 6.07) is 0. The van der Waals surface area contributed by atoms with E-state index in [4.69, 9.17) is 5.73 Å². The lowest BCUT2D eigenvalue weighted by atomic mass is 10.5. The van der Waals surface area contributed by atoms with E-state index in [1.165, 1.54) is 6.33 Å². The lowest BCUT2D eigenvalue weighted by molar-refractivity contribution is 0.998. The van der Waals surface area contributed by atoms with Gasteiger partial charge in [-0.1, -0.05) is 0 Å². The van der Waals surface area contributed by atoms with Crippen molar-refractivity contribution in [2.24, 2.45) is 0 Å². The molecule has 3 N–H and O–H groups in total. The van der Waals surface area contributed by atoms with Gasteiger partial charge in [-0.05, 0) is 0 Å². The van der Waals surface area contributed by atoms with Crippen LogP contribution in [0.15, 0.2) is 11.1 Å². The lowest BCUT2D eigenvalue weighted by Crippen LogP contribution is -2.11. The molecule has 0 aromatic carbocycles. The van der Waals surface area contributed by atoms with Crippen molar-refractivity contribution in [2.75, 3.05) is 5.73 Å². The molecular formula is C5H4N6O. The van der Waals surface area contributed by atoms with Crippen molar-refractivity contribution in [3.8, 4) is 0 Å². The fourth-order valence-electron chi connectivity index (χ4n) is 0.787. The molecule has 0 atom stereocenters. The van der Waals surface area contributed by atoms with Crippen LogP contribution in [0.5, 0.6) is 0 Å². The average molecular weight is 164 g/mol. The molecule has 0 saturated heterocycles. The van der Waals surface area contributed by atoms with Gasteiger partial charge in [-0.15, -0.1) is 10.2 Å². The van der Waals surface area contributed by atoms with E-state index in [0.29, 0.717) is 0 Å². The number of fused-ring (bicyclic) bond motifs is 1. The van der Waals surface area contributed by atoms with Gasteiger partial charge in [0.25, 0.3) is 5.56 Å². The Morgan fingerprint density at radius 2 is 2.25 bits per heavy atom. The highest BCUT2D eigenvalue weighted by molar-refractivity contribution is 5.67. The summed E-state index contributed by atoms with van der Waals surface area (Å²) in [4.78, 5) is 20.8. The van der Waals surface area contributed by atoms with Crippen LogP contribution in [0, 0.1) is 0 Å². The van der Waals surface area contributed by atoms with E-state index in [-0.39, 0.29) is 22.7 Å². The van der Waals surface area contributed by atoms with E-state index in [1.54, 1.807) is 0 Å². The first-order valence-electron chi connectivity index (χ1n) is 3.11. The monoisotopic (exact) mass is 164 g/mol. The summed E-state index contributed by atoms with van der Waals surface area (Å²) >= 11 is 0. The Morgan fingerprint density at radius 3 is 3.08 bits per heavy atom. The fraction of sp³-hybridized carbons (Fsp3) is 0. The number of aromatic amines is 1. The SMILES string of the molecule is Nc1nnc2c(=O)[nH]cnc2n1. The maximum absolute atomic E-state index is 11.0. The van der Waals surface area contributed by atoms with Gasteiger partial charge in [0.2, 0.25) is 5.95 Å². The molecule has 2 aromatic heterocycles. The second-order valence-corrected chi connectivity index (χ2v) is 2.07. The predicted molar refractivity (Wildman–Crippen MR) is 40.2 cm³/mol. The van der Waals surface area contributed by atoms with E-state index in [0.717, 1.165) is 0 Å². The Bertz CT molecular complexity index is 477. The zero-order chi connectivity index (χ0) is 8.55. The van der Waals surface area contributed by atoms with Crippen LogP contribution in [0.25, 0.3) is 11.2 Å². The first-order chi connectivity index (χ1) is 5.77. The van der Waals surface area contributed by atoms with Crippen LogP contribution in [-0.2, 0) is 0 Å². The van der Waals surface area contributed by atoms with Gasteiger partial charge in [-0.2, -0.15) is 4.98 Å². The number of H-pyrrole nitrogens is 1. The molecule has 0 radical (unpaired) electrons. The van der Waals surface area contributed by atoms with Gasteiger partial charge in [0, 0.05) is 0 Å². The number of nitrogen functional groups attached to an aromatic ring is 1. The molecule has 60 valence electrons. The van der Waals surface area contributed by atoms with Gasteiger partial charge in [0.1, 0.15) is 0 Å². The molecule has 0 saturated carbocycles. The molecule has 0 fully saturated rings. The van der Waals surface area contributed by atoms with Crippen molar-refractivity contribution in [3.63, 3.8) is 0 Å². The third-order valence-electron chi connectivity index (χ3n) is 1.28. The summed E-state index contributed by atoms with van der Waals surface area (Å²) in [6.07, 6.45) is 1.23. The van der Waals surface area contributed by atoms with E-state index < -0.39 is 0 Å². The van der Waals surface area contributed by atoms with Crippen molar-refractivity contribution in [1.82, 2.24) is 25.1 Å². The number of nitrogens with zero attached hydrogens (tertiary/aromatic N) is 4. The number of aromatic nitrogens is 5. The number of anilines is 1. The Balaban J connectivity index is 2.96. The van der Waals surface area contributed by atoms with Crippen molar-refractivity contribution in [3.05, 3.63) is 16.7 Å². The largest absolute Gasteiger partial charge is 0.366 e. The van der Waals surface area contributed by atoms with Crippen LogP contribution in [0.2, 0.25) is 0 Å². The summed E-state index contributed by atoms with van der Waals surface area (Å²) in [5.41, 5.74) is 5.15. The molecule has 0 bridgehead atoms. The molecule has 0 unspecified atom stereocenters. The van der Waals surface area contributed by atoms with Crippen LogP contribution in [-0.4, -0.2) is 25.1 Å². The lowest BCUT2D eigenvalue weighted by Gasteiger charge is -1.92. The summed E-state index contributed by atoms with van der Waals surface area (Å²) < 4.78 is 0. The highest BCUT2D eigenvalue weighted by atomic mass is 16.1. The highest BCUT2D eigenvalue weighted by Crippen LogP contribution is 1.96. The topological polar surface area (TPSA) is 110 Å². The molecule has 0 spiro atoms. The Morgan fingerprint density at radius 1 is 1.42 bits per heavy atom. The van der Waals surface area contributed by atoms with Gasteiger partial charge in [0.15, 0.2) is 11.2 Å². The number of hydrogen-bond acceptors (Lipinski definition) is 6. The third kappa shape index (κ3) is 0.875. The van der Waals surface area contributed by atoms with Gasteiger partial charge in [-0.3, -0.25) is 4.79 Å². The van der Waals surface area contributed by atoms with Gasteiger partial charge in [-0.25, -0.2) is 4.98 Å². The summed E-state index contributed by atoms with van der Waals surface area (Å²) in [6.45, 7) is 0. The van der Waals surface area contributed by atoms with Crippen molar-refractivity contribution in [2.45, 2.75) is 0 Å². The molecule has 2 aromatic rings. The zero-order valence-electron chi connectivity index (χ0n) is 5.85. The fourth-order valence-corrected chi connectivity index (χ4v) is 0.787. The summed E-state index contributed by atoms with van der Waals surface area (Å²) in [5, 5.41) is 6.96. The van der Waals surface area contributed by atoms with Crippen molar-refractivity contribution >= 4 is 17.1 Å². The maximum atomic E-state index is 11.0. The smallest absolute Gasteiger partial charge is 0.280 e. The Kier molecular flexibility index (Phi) is 1.23. The second-order valence-electron chi connectivity index (χ2n) is 2.07. The Hall–Kier alpha value is -2.05. The number of nitrogens with one attached hydrogen (secondary N) is 1. The minimum atomic E-state index is -0.375. The number of hydrogen-bond donors (Lipinski definition) is 2. The van der Waals surface area contributed by atoms with E-state index >= 15 is 0 Å². The number of nitrogens with two attached hydrogens (primary N) is 1. The van der Waals surface area contributed by atoms with E-state index in [1.807, 2.05) is 0 Å². The van der Waals surface area contributed by atoms with Gasteiger partial charge < -0.3 is 10.7 Å². The highest BCUT2D eigenvalue weighted by Gasteiger charge is 2.02. The molecule has 0 aliphatic carbocycles. The molecule has 7 nitrogen and oxygen atoms in total. The van der Waals surface area contributed by atoms with Crippen molar-refractivity contribution in [1.29, 1.82) is 0 Å². The average Bonchev–Trinajstić information content (AvgIpc) is 2.04. The molecule has 0 amide bonds. The third-order valence-corrected chi connectivity index (χ3v) is 1.28. The molecular weight excluding hydrogens is 160 g/mol. The van der Waals surface area contributed by atoms with Crippen LogP contribution in [0.3, 0.4) is 0 Å². The van der Waals surface area contributed by atoms with E-state index in [2.05, 4.69) is 25.1 Å². The van der Waals surface area contributed by atoms with Crippen LogP contribution < -0.4 is 11.3 Å². The molecule has 7 heteroatoms. The van der Waals surface area contributed by atoms with Crippen LogP contribution in [0.4, 0.5) is 5.95 Å². The standard InChI is InChI=1S/C5H4N6O/c6-5-9-3-2(10-11-5)4(12)8-1-7-3/h1H,(H3,6,7,8,9,11,12). The minimum Gasteiger partial charge on any atom is -0.366 e. The normalized spacial score (nSPS) is 10.3. The molecule has 12 heavy (non-hydrogen) atoms. The van der Waals surface area contributed by atoms with Gasteiger partial charge >= 0.3 is 0 Å². The van der Waals surface area contributed by atoms with Gasteiger partial charge in [0.05, 0.1) is 6.33 Å². The van der Waals surface area contributed by atoms with Crippen LogP contribution >= 0.6 is 0 Å². The summed E-state index contributed by atoms with van der Waals surface area (Å²) in [5.74, 6) is 0.000556. The maximum Gasteiger partial charge on any atom is 0.280 e. The van der Waals surface area contributed by atoms with Crippen molar-refractivity contribution < 1.29 is 0 Å². The van der Waals surface area contributed by atoms with Crippen LogP contribution in [0.1, 0.15) is 0 Å².